The molecule has 0 unspecified atom stereocenters. The maximum Gasteiger partial charge on any atom is -0.0184 e. The lowest BCUT2D eigenvalue weighted by Gasteiger charge is -2.05. The summed E-state index contributed by atoms with van der Waals surface area (Å²) in [6.45, 7) is 0. The van der Waals surface area contributed by atoms with Crippen LogP contribution in [-0.4, -0.2) is 0 Å². The van der Waals surface area contributed by atoms with Gasteiger partial charge in [-0.25, -0.2) is 0 Å². The Bertz CT molecular complexity index is 651. The van der Waals surface area contributed by atoms with Gasteiger partial charge in [0, 0.05) is 0 Å². The molecule has 0 spiro atoms. The predicted molar refractivity (Wildman–Crippen MR) is 90.0 cm³/mol. The van der Waals surface area contributed by atoms with Crippen LogP contribution in [0.1, 0.15) is 11.1 Å². The molecule has 0 aliphatic heterocycles. The van der Waals surface area contributed by atoms with Crippen molar-refractivity contribution in [2.75, 3.05) is 0 Å². The fourth-order valence-electron chi connectivity index (χ4n) is 2.48. The Hall–Kier alpha value is -2.34. The quantitative estimate of drug-likeness (QED) is 0.587. The van der Waals surface area contributed by atoms with Crippen molar-refractivity contribution in [2.24, 2.45) is 0 Å². The average Bonchev–Trinajstić information content (AvgIpc) is 2.57. The minimum atomic E-state index is 1.02. The van der Waals surface area contributed by atoms with E-state index in [4.69, 9.17) is 0 Å². The van der Waals surface area contributed by atoms with Crippen LogP contribution in [0.4, 0.5) is 0 Å². The molecule has 0 aliphatic carbocycles. The van der Waals surface area contributed by atoms with E-state index in [1.54, 1.807) is 0 Å². The summed E-state index contributed by atoms with van der Waals surface area (Å²) in [5, 5.41) is 0. The van der Waals surface area contributed by atoms with Crippen LogP contribution in [0, 0.1) is 6.42 Å². The van der Waals surface area contributed by atoms with Gasteiger partial charge < -0.3 is 0 Å². The highest BCUT2D eigenvalue weighted by atomic mass is 14.0. The molecule has 0 amide bonds. The molecule has 0 bridgehead atoms. The number of benzene rings is 3. The third kappa shape index (κ3) is 3.82. The Kier molecular flexibility index (Phi) is 4.48. The molecule has 3 rings (SSSR count). The molecule has 21 heavy (non-hydrogen) atoms. The van der Waals surface area contributed by atoms with Crippen molar-refractivity contribution in [1.82, 2.24) is 0 Å². The van der Waals surface area contributed by atoms with Crippen LogP contribution >= 0.6 is 0 Å². The Balaban J connectivity index is 1.58. The van der Waals surface area contributed by atoms with Gasteiger partial charge in [-0.3, -0.25) is 0 Å². The highest BCUT2D eigenvalue weighted by molar-refractivity contribution is 5.63. The van der Waals surface area contributed by atoms with Crippen molar-refractivity contribution in [3.63, 3.8) is 0 Å². The highest BCUT2D eigenvalue weighted by Gasteiger charge is 1.98. The predicted octanol–water partition coefficient (Wildman–Crippen LogP) is 5.34. The minimum Gasteiger partial charge on any atom is -0.0622 e. The average molecular weight is 271 g/mol. The van der Waals surface area contributed by atoms with Crippen LogP contribution in [-0.2, 0) is 12.8 Å². The molecule has 3 aromatic carbocycles. The first kappa shape index (κ1) is 13.6. The lowest BCUT2D eigenvalue weighted by molar-refractivity contribution is 1.03. The molecule has 0 heteroatoms. The van der Waals surface area contributed by atoms with E-state index in [0.29, 0.717) is 0 Å². The fourth-order valence-corrected chi connectivity index (χ4v) is 2.48. The molecule has 0 aromatic heterocycles. The molecule has 0 saturated carbocycles. The highest BCUT2D eigenvalue weighted by Crippen LogP contribution is 2.19. The molecular weight excluding hydrogens is 252 g/mol. The van der Waals surface area contributed by atoms with E-state index in [9.17, 15) is 0 Å². The Morgan fingerprint density at radius 3 is 1.57 bits per heavy atom. The lowest BCUT2D eigenvalue weighted by Crippen LogP contribution is -1.91. The van der Waals surface area contributed by atoms with Gasteiger partial charge in [0.15, 0.2) is 0 Å². The van der Waals surface area contributed by atoms with Gasteiger partial charge in [-0.15, -0.1) is 0 Å². The van der Waals surface area contributed by atoms with Crippen molar-refractivity contribution in [3.8, 4) is 11.1 Å². The van der Waals surface area contributed by atoms with Crippen molar-refractivity contribution in [2.45, 2.75) is 12.8 Å². The van der Waals surface area contributed by atoms with Gasteiger partial charge in [0.2, 0.25) is 0 Å². The number of rotatable bonds is 5. The SMILES string of the molecule is [CH](Cc1ccccc1)Cc1ccc(-c2ccccc2)cc1. The van der Waals surface area contributed by atoms with Gasteiger partial charge in [0.05, 0.1) is 0 Å². The molecule has 0 nitrogen and oxygen atoms in total. The molecule has 0 aliphatic rings. The van der Waals surface area contributed by atoms with E-state index in [-0.39, 0.29) is 0 Å². The summed E-state index contributed by atoms with van der Waals surface area (Å²) >= 11 is 0. The van der Waals surface area contributed by atoms with Crippen LogP contribution in [0.5, 0.6) is 0 Å². The molecule has 0 saturated heterocycles. The molecule has 0 fully saturated rings. The summed E-state index contributed by atoms with van der Waals surface area (Å²) in [5.74, 6) is 0. The van der Waals surface area contributed by atoms with Gasteiger partial charge in [-0.2, -0.15) is 0 Å². The van der Waals surface area contributed by atoms with Crippen molar-refractivity contribution in [3.05, 3.63) is 102 Å². The Morgan fingerprint density at radius 1 is 0.476 bits per heavy atom. The van der Waals surface area contributed by atoms with E-state index in [2.05, 4.69) is 91.3 Å². The maximum atomic E-state index is 2.34. The van der Waals surface area contributed by atoms with Crippen LogP contribution < -0.4 is 0 Å². The van der Waals surface area contributed by atoms with Crippen LogP contribution in [0.25, 0.3) is 11.1 Å². The van der Waals surface area contributed by atoms with E-state index in [1.165, 1.54) is 22.3 Å². The van der Waals surface area contributed by atoms with Crippen molar-refractivity contribution < 1.29 is 0 Å². The summed E-state index contributed by atoms with van der Waals surface area (Å²) in [5.41, 5.74) is 5.30. The Morgan fingerprint density at radius 2 is 0.952 bits per heavy atom. The van der Waals surface area contributed by atoms with Gasteiger partial charge >= 0.3 is 0 Å². The lowest BCUT2D eigenvalue weighted by atomic mass is 10.0. The fraction of sp³-hybridized carbons (Fsp3) is 0.0952. The molecule has 0 atom stereocenters. The third-order valence-corrected chi connectivity index (χ3v) is 3.66. The topological polar surface area (TPSA) is 0 Å². The van der Waals surface area contributed by atoms with Gasteiger partial charge in [0.1, 0.15) is 0 Å². The first-order valence-corrected chi connectivity index (χ1v) is 7.42. The molecular formula is C21H19. The van der Waals surface area contributed by atoms with Gasteiger partial charge in [0.25, 0.3) is 0 Å². The van der Waals surface area contributed by atoms with E-state index in [1.807, 2.05) is 0 Å². The largest absolute Gasteiger partial charge is 0.0622 e. The molecule has 1 radical (unpaired) electrons. The second-order valence-corrected chi connectivity index (χ2v) is 5.25. The molecule has 0 heterocycles. The Labute approximate surface area is 127 Å². The number of hydrogen-bond acceptors (Lipinski definition) is 0. The van der Waals surface area contributed by atoms with Crippen molar-refractivity contribution in [1.29, 1.82) is 0 Å². The molecule has 103 valence electrons. The zero-order valence-electron chi connectivity index (χ0n) is 12.1. The van der Waals surface area contributed by atoms with E-state index >= 15 is 0 Å². The zero-order valence-corrected chi connectivity index (χ0v) is 12.1. The standard InChI is InChI=1S/C21H19/c1-3-8-18(9-4-1)10-7-11-19-14-16-21(17-15-19)20-12-5-2-6-13-20/h1-9,12-17H,10-11H2. The summed E-state index contributed by atoms with van der Waals surface area (Å²) in [6, 6.07) is 30.0. The first-order valence-electron chi connectivity index (χ1n) is 7.42. The summed E-state index contributed by atoms with van der Waals surface area (Å²) in [7, 11) is 0. The van der Waals surface area contributed by atoms with E-state index in [0.717, 1.165) is 12.8 Å². The zero-order chi connectivity index (χ0) is 14.3. The monoisotopic (exact) mass is 271 g/mol. The normalized spacial score (nSPS) is 10.5. The van der Waals surface area contributed by atoms with Gasteiger partial charge in [-0.05, 0) is 41.5 Å². The van der Waals surface area contributed by atoms with Crippen LogP contribution in [0.3, 0.4) is 0 Å². The maximum absolute atomic E-state index is 2.34. The molecule has 3 aromatic rings. The minimum absolute atomic E-state index is 1.02. The second-order valence-electron chi connectivity index (χ2n) is 5.25. The smallest absolute Gasteiger partial charge is 0.0184 e. The van der Waals surface area contributed by atoms with Crippen LogP contribution in [0.2, 0.25) is 0 Å². The van der Waals surface area contributed by atoms with Crippen LogP contribution in [0.15, 0.2) is 84.9 Å². The van der Waals surface area contributed by atoms with Gasteiger partial charge in [-0.1, -0.05) is 84.9 Å². The summed E-state index contributed by atoms with van der Waals surface area (Å²) in [4.78, 5) is 0. The molecule has 0 N–H and O–H groups in total. The van der Waals surface area contributed by atoms with E-state index < -0.39 is 0 Å². The van der Waals surface area contributed by atoms with Crippen molar-refractivity contribution >= 4 is 0 Å². The third-order valence-electron chi connectivity index (χ3n) is 3.66. The second kappa shape index (κ2) is 6.90. The number of hydrogen-bond donors (Lipinski definition) is 0. The summed E-state index contributed by atoms with van der Waals surface area (Å²) < 4.78 is 0. The first-order chi connectivity index (χ1) is 10.4. The summed E-state index contributed by atoms with van der Waals surface area (Å²) in [6.07, 6.45) is 4.39.